The highest BCUT2D eigenvalue weighted by Crippen LogP contribution is 2.39. The molecule has 5 rings (SSSR count). The molecule has 1 aliphatic carbocycles. The fourth-order valence-corrected chi connectivity index (χ4v) is 5.13. The molecule has 3 aliphatic rings. The van der Waals surface area contributed by atoms with Gasteiger partial charge in [-0.1, -0.05) is 32.9 Å². The van der Waals surface area contributed by atoms with E-state index in [4.69, 9.17) is 16.5 Å². The van der Waals surface area contributed by atoms with Crippen molar-refractivity contribution < 1.29 is 9.59 Å². The van der Waals surface area contributed by atoms with Crippen molar-refractivity contribution in [2.75, 3.05) is 50.5 Å². The molecule has 0 radical (unpaired) electrons. The van der Waals surface area contributed by atoms with Gasteiger partial charge < -0.3 is 31.5 Å². The third-order valence-corrected chi connectivity index (χ3v) is 7.92. The topological polar surface area (TPSA) is 134 Å². The van der Waals surface area contributed by atoms with Crippen LogP contribution in [0.4, 0.5) is 22.1 Å². The first-order valence-electron chi connectivity index (χ1n) is 14.7. The second-order valence-electron chi connectivity index (χ2n) is 11.1. The van der Waals surface area contributed by atoms with Gasteiger partial charge in [-0.15, -0.1) is 0 Å². The van der Waals surface area contributed by atoms with Gasteiger partial charge in [0.1, 0.15) is 5.82 Å². The molecule has 0 bridgehead atoms. The summed E-state index contributed by atoms with van der Waals surface area (Å²) in [7, 11) is 3.20. The molecule has 10 heteroatoms. The van der Waals surface area contributed by atoms with Crippen LogP contribution in [0.1, 0.15) is 81.8 Å². The summed E-state index contributed by atoms with van der Waals surface area (Å²) in [6, 6.07) is 9.02. The number of carbonyl (C=O) groups excluding carboxylic acids is 2. The Morgan fingerprint density at radius 3 is 2.05 bits per heavy atom. The summed E-state index contributed by atoms with van der Waals surface area (Å²) in [5, 5.41) is 3.30. The lowest BCUT2D eigenvalue weighted by molar-refractivity contribution is 0.0996. The van der Waals surface area contributed by atoms with Crippen LogP contribution in [0.25, 0.3) is 0 Å². The predicted octanol–water partition coefficient (Wildman–Crippen LogP) is 4.48. The van der Waals surface area contributed by atoms with Gasteiger partial charge in [-0.05, 0) is 81.1 Å². The first-order valence-corrected chi connectivity index (χ1v) is 14.7. The molecule has 5 N–H and O–H groups in total. The summed E-state index contributed by atoms with van der Waals surface area (Å²) in [6.07, 6.45) is 10.4. The van der Waals surface area contributed by atoms with E-state index in [0.29, 0.717) is 5.82 Å². The number of hydrogen-bond donors (Lipinski definition) is 3. The zero-order valence-corrected chi connectivity index (χ0v) is 24.9. The van der Waals surface area contributed by atoms with Crippen molar-refractivity contribution >= 4 is 29.3 Å². The summed E-state index contributed by atoms with van der Waals surface area (Å²) in [4.78, 5) is 37.0. The Labute approximate surface area is 239 Å². The van der Waals surface area contributed by atoms with E-state index in [2.05, 4.69) is 51.3 Å². The molecule has 220 valence electrons. The normalized spacial score (nSPS) is 18.4. The molecule has 3 amide bonds. The Hall–Kier alpha value is -3.40. The standard InChI is InChI=1S/C25H34N6O.C3H8N2O.C2H6/c1-25(11-15-30(16-12-25)20-9-10-20)18-5-7-19(8-6-18)28-24-22(23(26)32)27-17-21(29-24)31-13-3-2-4-14-31;1-5(2)3(4)6;1-2/h5-8,17,20H,2-4,9-16H2,1H3,(H2,26,32)(H,28,29);1-2H3,(H2,4,6);1-2H3. The van der Waals surface area contributed by atoms with Crippen molar-refractivity contribution in [3.05, 3.63) is 41.7 Å². The minimum absolute atomic E-state index is 0.175. The van der Waals surface area contributed by atoms with Crippen LogP contribution in [-0.2, 0) is 5.41 Å². The molecule has 0 atom stereocenters. The molecule has 1 saturated carbocycles. The number of benzene rings is 1. The summed E-state index contributed by atoms with van der Waals surface area (Å²) in [5.41, 5.74) is 13.0. The molecule has 0 unspecified atom stereocenters. The number of nitrogens with zero attached hydrogens (tertiary/aromatic N) is 5. The van der Waals surface area contributed by atoms with Gasteiger partial charge in [0.25, 0.3) is 5.91 Å². The van der Waals surface area contributed by atoms with Gasteiger partial charge in [0.05, 0.1) is 6.20 Å². The minimum Gasteiger partial charge on any atom is -0.364 e. The Morgan fingerprint density at radius 1 is 0.975 bits per heavy atom. The zero-order valence-electron chi connectivity index (χ0n) is 24.9. The second-order valence-corrected chi connectivity index (χ2v) is 11.1. The summed E-state index contributed by atoms with van der Waals surface area (Å²) >= 11 is 0. The molecule has 1 aromatic carbocycles. The molecule has 0 spiro atoms. The fourth-order valence-electron chi connectivity index (χ4n) is 5.13. The number of nitrogens with two attached hydrogens (primary N) is 2. The van der Waals surface area contributed by atoms with E-state index in [-0.39, 0.29) is 11.1 Å². The highest BCUT2D eigenvalue weighted by Gasteiger charge is 2.37. The number of primary amides is 2. The highest BCUT2D eigenvalue weighted by molar-refractivity contribution is 5.96. The van der Waals surface area contributed by atoms with E-state index in [9.17, 15) is 9.59 Å². The molecular formula is C30H48N8O2. The van der Waals surface area contributed by atoms with Crippen molar-refractivity contribution in [1.82, 2.24) is 19.8 Å². The monoisotopic (exact) mass is 552 g/mol. The van der Waals surface area contributed by atoms with Crippen LogP contribution in [0.3, 0.4) is 0 Å². The van der Waals surface area contributed by atoms with Crippen molar-refractivity contribution in [2.24, 2.45) is 11.5 Å². The lowest BCUT2D eigenvalue weighted by Crippen LogP contribution is -2.41. The molecule has 3 heterocycles. The van der Waals surface area contributed by atoms with E-state index in [1.54, 1.807) is 20.3 Å². The summed E-state index contributed by atoms with van der Waals surface area (Å²) < 4.78 is 0. The maximum Gasteiger partial charge on any atom is 0.314 e. The number of anilines is 3. The van der Waals surface area contributed by atoms with E-state index in [0.717, 1.165) is 43.5 Å². The molecule has 10 nitrogen and oxygen atoms in total. The SMILES string of the molecule is CC.CC1(c2ccc(Nc3nc(N4CCCCC4)cnc3C(N)=O)cc2)CCN(C2CC2)CC1.CN(C)C(N)=O. The minimum atomic E-state index is -0.572. The van der Waals surface area contributed by atoms with Crippen LogP contribution in [-0.4, -0.2) is 78.0 Å². The van der Waals surface area contributed by atoms with Crippen molar-refractivity contribution in [3.8, 4) is 0 Å². The smallest absolute Gasteiger partial charge is 0.314 e. The lowest BCUT2D eigenvalue weighted by Gasteiger charge is -2.40. The molecular weight excluding hydrogens is 504 g/mol. The highest BCUT2D eigenvalue weighted by atomic mass is 16.2. The van der Waals surface area contributed by atoms with Gasteiger partial charge in [0.15, 0.2) is 11.5 Å². The number of nitrogens with one attached hydrogen (secondary N) is 1. The van der Waals surface area contributed by atoms with E-state index in [1.165, 1.54) is 55.7 Å². The van der Waals surface area contributed by atoms with Gasteiger partial charge in [-0.2, -0.15) is 0 Å². The van der Waals surface area contributed by atoms with E-state index in [1.807, 2.05) is 13.8 Å². The summed E-state index contributed by atoms with van der Waals surface area (Å²) in [6.45, 7) is 10.7. The van der Waals surface area contributed by atoms with Gasteiger partial charge in [-0.3, -0.25) is 4.79 Å². The number of amides is 3. The van der Waals surface area contributed by atoms with Gasteiger partial charge in [-0.25, -0.2) is 14.8 Å². The predicted molar refractivity (Wildman–Crippen MR) is 162 cm³/mol. The van der Waals surface area contributed by atoms with Crippen molar-refractivity contribution in [3.63, 3.8) is 0 Å². The van der Waals surface area contributed by atoms with Crippen molar-refractivity contribution in [2.45, 2.75) is 77.2 Å². The largest absolute Gasteiger partial charge is 0.364 e. The average molecular weight is 553 g/mol. The zero-order chi connectivity index (χ0) is 29.3. The van der Waals surface area contributed by atoms with Gasteiger partial charge in [0.2, 0.25) is 0 Å². The first-order chi connectivity index (χ1) is 19.2. The third kappa shape index (κ3) is 8.30. The summed E-state index contributed by atoms with van der Waals surface area (Å²) in [5.74, 6) is 0.651. The van der Waals surface area contributed by atoms with E-state index >= 15 is 0 Å². The van der Waals surface area contributed by atoms with Crippen LogP contribution in [0.15, 0.2) is 30.5 Å². The molecule has 3 fully saturated rings. The molecule has 1 aromatic heterocycles. The quantitative estimate of drug-likeness (QED) is 0.481. The maximum absolute atomic E-state index is 11.9. The molecule has 2 aliphatic heterocycles. The lowest BCUT2D eigenvalue weighted by atomic mass is 9.74. The fraction of sp³-hybridized carbons (Fsp3) is 0.600. The van der Waals surface area contributed by atoms with E-state index < -0.39 is 11.9 Å². The number of rotatable bonds is 6. The third-order valence-electron chi connectivity index (χ3n) is 7.92. The number of urea groups is 1. The Balaban J connectivity index is 0.000000491. The molecule has 40 heavy (non-hydrogen) atoms. The molecule has 2 aromatic rings. The average Bonchev–Trinajstić information content (AvgIpc) is 3.81. The first kappa shape index (κ1) is 31.1. The van der Waals surface area contributed by atoms with Crippen LogP contribution in [0, 0.1) is 0 Å². The number of likely N-dealkylation sites (tertiary alicyclic amines) is 1. The number of hydrogen-bond acceptors (Lipinski definition) is 7. The Kier molecular flexibility index (Phi) is 11.1. The Bertz CT molecular complexity index is 1100. The number of piperidine rings is 2. The van der Waals surface area contributed by atoms with Crippen LogP contribution in [0.5, 0.6) is 0 Å². The van der Waals surface area contributed by atoms with Crippen molar-refractivity contribution in [1.29, 1.82) is 0 Å². The number of carbonyl (C=O) groups is 2. The van der Waals surface area contributed by atoms with Crippen LogP contribution >= 0.6 is 0 Å². The van der Waals surface area contributed by atoms with Gasteiger partial charge >= 0.3 is 6.03 Å². The number of aromatic nitrogens is 2. The second kappa shape index (κ2) is 14.3. The maximum atomic E-state index is 11.9. The van der Waals surface area contributed by atoms with Gasteiger partial charge in [0, 0.05) is 38.9 Å². The Morgan fingerprint density at radius 2 is 1.55 bits per heavy atom. The van der Waals surface area contributed by atoms with Crippen LogP contribution < -0.4 is 21.7 Å². The molecule has 2 saturated heterocycles. The van der Waals surface area contributed by atoms with Crippen LogP contribution in [0.2, 0.25) is 0 Å².